The van der Waals surface area contributed by atoms with E-state index in [4.69, 9.17) is 18.9 Å². The minimum absolute atomic E-state index is 0.0612. The van der Waals surface area contributed by atoms with Gasteiger partial charge in [0.05, 0.1) is 20.3 Å². The number of nitrogens with one attached hydrogen (secondary N) is 3. The molecular weight excluding hydrogens is 622 g/mol. The number of esters is 1. The van der Waals surface area contributed by atoms with E-state index in [0.29, 0.717) is 25.5 Å². The highest BCUT2D eigenvalue weighted by molar-refractivity contribution is 7.99. The van der Waals surface area contributed by atoms with Crippen LogP contribution >= 0.6 is 11.8 Å². The molecule has 0 aliphatic heterocycles. The molecule has 12 heteroatoms. The molecule has 0 heterocycles. The molecule has 0 bridgehead atoms. The second-order valence-electron chi connectivity index (χ2n) is 13.4. The number of methoxy groups -OCH3 is 1. The van der Waals surface area contributed by atoms with Crippen LogP contribution in [0.3, 0.4) is 0 Å². The standard InChI is InChI=1S/C35H67N3O8S/c1-8-9-10-11-12-13-14-15-16-17-18-19-20-21-23-45-33(41)36-22-24-47-27-30(38-34(42)46-35(4,5)6)31(39)37-29(32(40)43-7)26-44-25-28(2)3/h28-30H,8-27H2,1-7H3,(H,36,41)(H,37,39)(H,38,42)/t29-,30-/m0/s1. The topological polar surface area (TPSA) is 141 Å². The normalized spacial score (nSPS) is 12.7. The molecule has 0 aliphatic rings. The van der Waals surface area contributed by atoms with Crippen LogP contribution < -0.4 is 16.0 Å². The Morgan fingerprint density at radius 2 is 1.28 bits per heavy atom. The first-order chi connectivity index (χ1) is 22.4. The van der Waals surface area contributed by atoms with Gasteiger partial charge in [-0.3, -0.25) is 4.79 Å². The number of carbonyl (C=O) groups is 4. The van der Waals surface area contributed by atoms with Crippen molar-refractivity contribution >= 4 is 35.8 Å². The number of thioether (sulfide) groups is 1. The average molecular weight is 690 g/mol. The van der Waals surface area contributed by atoms with Crippen molar-refractivity contribution < 1.29 is 38.1 Å². The van der Waals surface area contributed by atoms with Gasteiger partial charge < -0.3 is 34.9 Å². The Morgan fingerprint density at radius 3 is 1.79 bits per heavy atom. The number of hydrogen-bond donors (Lipinski definition) is 3. The molecule has 0 aromatic carbocycles. The van der Waals surface area contributed by atoms with Crippen molar-refractivity contribution in [2.45, 2.75) is 149 Å². The molecule has 2 atom stereocenters. The van der Waals surface area contributed by atoms with Gasteiger partial charge in [0.2, 0.25) is 5.91 Å². The van der Waals surface area contributed by atoms with Gasteiger partial charge in [-0.15, -0.1) is 0 Å². The van der Waals surface area contributed by atoms with Gasteiger partial charge in [-0.2, -0.15) is 11.8 Å². The number of unbranched alkanes of at least 4 members (excludes halogenated alkanes) is 13. The Kier molecular flexibility index (Phi) is 27.4. The van der Waals surface area contributed by atoms with Gasteiger partial charge in [0.1, 0.15) is 11.6 Å². The lowest BCUT2D eigenvalue weighted by atomic mass is 10.0. The van der Waals surface area contributed by atoms with E-state index in [1.165, 1.54) is 89.5 Å². The van der Waals surface area contributed by atoms with E-state index >= 15 is 0 Å². The number of alkyl carbamates (subject to hydrolysis) is 2. The zero-order valence-electron chi connectivity index (χ0n) is 30.5. The monoisotopic (exact) mass is 689 g/mol. The quantitative estimate of drug-likeness (QED) is 0.0444. The number of carbonyl (C=O) groups excluding carboxylic acids is 4. The van der Waals surface area contributed by atoms with Gasteiger partial charge in [0, 0.05) is 24.7 Å². The van der Waals surface area contributed by atoms with E-state index < -0.39 is 41.7 Å². The molecule has 47 heavy (non-hydrogen) atoms. The Hall–Kier alpha value is -2.21. The smallest absolute Gasteiger partial charge is 0.408 e. The summed E-state index contributed by atoms with van der Waals surface area (Å²) in [6.07, 6.45) is 16.6. The van der Waals surface area contributed by atoms with Gasteiger partial charge in [0.15, 0.2) is 6.04 Å². The van der Waals surface area contributed by atoms with Crippen LogP contribution in [0.25, 0.3) is 0 Å². The summed E-state index contributed by atoms with van der Waals surface area (Å²) in [6, 6.07) is -2.03. The van der Waals surface area contributed by atoms with Crippen LogP contribution in [-0.4, -0.2) is 86.7 Å². The van der Waals surface area contributed by atoms with E-state index in [2.05, 4.69) is 22.9 Å². The van der Waals surface area contributed by atoms with E-state index in [-0.39, 0.29) is 18.3 Å². The first kappa shape index (κ1) is 44.8. The Labute approximate surface area is 289 Å². The molecule has 3 N–H and O–H groups in total. The molecule has 0 aliphatic carbocycles. The summed E-state index contributed by atoms with van der Waals surface area (Å²) < 4.78 is 21.0. The largest absolute Gasteiger partial charge is 0.467 e. The van der Waals surface area contributed by atoms with Crippen LogP contribution in [0, 0.1) is 5.92 Å². The minimum Gasteiger partial charge on any atom is -0.467 e. The lowest BCUT2D eigenvalue weighted by molar-refractivity contribution is -0.147. The van der Waals surface area contributed by atoms with E-state index in [0.717, 1.165) is 19.3 Å². The Balaban J connectivity index is 4.33. The van der Waals surface area contributed by atoms with Crippen molar-refractivity contribution in [1.29, 1.82) is 0 Å². The second-order valence-corrected chi connectivity index (χ2v) is 14.6. The third-order valence-corrected chi connectivity index (χ3v) is 8.14. The zero-order chi connectivity index (χ0) is 35.3. The van der Waals surface area contributed by atoms with Crippen molar-refractivity contribution in [3.8, 4) is 0 Å². The molecule has 0 aromatic rings. The molecular formula is C35H67N3O8S. The van der Waals surface area contributed by atoms with E-state index in [1.807, 2.05) is 13.8 Å². The predicted molar refractivity (Wildman–Crippen MR) is 190 cm³/mol. The van der Waals surface area contributed by atoms with Crippen LogP contribution in [-0.2, 0) is 28.5 Å². The Bertz CT molecular complexity index is 838. The van der Waals surface area contributed by atoms with Crippen LogP contribution in [0.4, 0.5) is 9.59 Å². The molecule has 11 nitrogen and oxygen atoms in total. The fourth-order valence-electron chi connectivity index (χ4n) is 4.58. The Morgan fingerprint density at radius 1 is 0.723 bits per heavy atom. The lowest BCUT2D eigenvalue weighted by Gasteiger charge is -2.25. The number of amides is 3. The molecule has 276 valence electrons. The van der Waals surface area contributed by atoms with Crippen molar-refractivity contribution in [1.82, 2.24) is 16.0 Å². The summed E-state index contributed by atoms with van der Waals surface area (Å²) in [4.78, 5) is 49.9. The summed E-state index contributed by atoms with van der Waals surface area (Å²) in [5, 5.41) is 7.92. The molecule has 0 unspecified atom stereocenters. The van der Waals surface area contributed by atoms with Crippen LogP contribution in [0.5, 0.6) is 0 Å². The van der Waals surface area contributed by atoms with Crippen molar-refractivity contribution in [3.63, 3.8) is 0 Å². The molecule has 3 amide bonds. The number of ether oxygens (including phenoxy) is 4. The third-order valence-electron chi connectivity index (χ3n) is 7.08. The highest BCUT2D eigenvalue weighted by atomic mass is 32.2. The summed E-state index contributed by atoms with van der Waals surface area (Å²) in [5.74, 6) is -0.320. The van der Waals surface area contributed by atoms with E-state index in [1.54, 1.807) is 20.8 Å². The summed E-state index contributed by atoms with van der Waals surface area (Å²) in [6.45, 7) is 12.4. The molecule has 0 radical (unpaired) electrons. The lowest BCUT2D eigenvalue weighted by Crippen LogP contribution is -2.54. The number of rotatable bonds is 28. The fourth-order valence-corrected chi connectivity index (χ4v) is 5.46. The summed E-state index contributed by atoms with van der Waals surface area (Å²) >= 11 is 1.36. The summed E-state index contributed by atoms with van der Waals surface area (Å²) in [7, 11) is 1.23. The van der Waals surface area contributed by atoms with Gasteiger partial charge in [-0.25, -0.2) is 14.4 Å². The predicted octanol–water partition coefficient (Wildman–Crippen LogP) is 7.15. The number of hydrogen-bond acceptors (Lipinski definition) is 9. The fraction of sp³-hybridized carbons (Fsp3) is 0.886. The SMILES string of the molecule is CCCCCCCCCCCCCCCCOC(=O)NCCSC[C@H](NC(=O)OC(C)(C)C)C(=O)N[C@@H](COCC(C)C)C(=O)OC. The van der Waals surface area contributed by atoms with Gasteiger partial charge in [0.25, 0.3) is 0 Å². The maximum atomic E-state index is 13.1. The minimum atomic E-state index is -1.03. The molecule has 0 fully saturated rings. The van der Waals surface area contributed by atoms with Gasteiger partial charge >= 0.3 is 18.2 Å². The second kappa shape index (κ2) is 28.8. The van der Waals surface area contributed by atoms with Crippen LogP contribution in [0.1, 0.15) is 131 Å². The molecule has 0 rings (SSSR count). The van der Waals surface area contributed by atoms with Crippen molar-refractivity contribution in [2.24, 2.45) is 5.92 Å². The first-order valence-corrected chi connectivity index (χ1v) is 19.0. The first-order valence-electron chi connectivity index (χ1n) is 17.8. The van der Waals surface area contributed by atoms with Crippen molar-refractivity contribution in [2.75, 3.05) is 45.0 Å². The highest BCUT2D eigenvalue weighted by Gasteiger charge is 2.29. The van der Waals surface area contributed by atoms with Crippen LogP contribution in [0.2, 0.25) is 0 Å². The molecule has 0 saturated carbocycles. The molecule has 0 spiro atoms. The van der Waals surface area contributed by atoms with E-state index in [9.17, 15) is 19.2 Å². The van der Waals surface area contributed by atoms with Crippen molar-refractivity contribution in [3.05, 3.63) is 0 Å². The third kappa shape index (κ3) is 28.5. The van der Waals surface area contributed by atoms with Gasteiger partial charge in [-0.1, -0.05) is 104 Å². The zero-order valence-corrected chi connectivity index (χ0v) is 31.4. The van der Waals surface area contributed by atoms with Crippen LogP contribution in [0.15, 0.2) is 0 Å². The summed E-state index contributed by atoms with van der Waals surface area (Å²) in [5.41, 5.74) is -0.756. The average Bonchev–Trinajstić information content (AvgIpc) is 3.00. The highest BCUT2D eigenvalue weighted by Crippen LogP contribution is 2.13. The van der Waals surface area contributed by atoms with Gasteiger partial charge in [-0.05, 0) is 33.1 Å². The molecule has 0 aromatic heterocycles. The maximum Gasteiger partial charge on any atom is 0.408 e. The maximum absolute atomic E-state index is 13.1. The molecule has 0 saturated heterocycles.